The Morgan fingerprint density at radius 1 is 1.12 bits per heavy atom. The summed E-state index contributed by atoms with van der Waals surface area (Å²) in [5.74, 6) is -0.862. The van der Waals surface area contributed by atoms with Crippen LogP contribution in [0.1, 0.15) is 57.1 Å². The molecule has 2 rings (SSSR count). The van der Waals surface area contributed by atoms with Gasteiger partial charge in [-0.1, -0.05) is 45.9 Å². The van der Waals surface area contributed by atoms with Gasteiger partial charge in [-0.25, -0.2) is 4.79 Å². The van der Waals surface area contributed by atoms with Crippen molar-refractivity contribution in [2.75, 3.05) is 11.9 Å². The summed E-state index contributed by atoms with van der Waals surface area (Å²) < 4.78 is 5.02. The molecule has 0 aliphatic carbocycles. The number of hydrazine groups is 1. The highest BCUT2D eigenvalue weighted by molar-refractivity contribution is 5.97. The molecule has 7 heteroatoms. The number of para-hydroxylation sites is 1. The molecule has 1 aromatic rings. The lowest BCUT2D eigenvalue weighted by Gasteiger charge is -2.20. The number of rotatable bonds is 6. The quantitative estimate of drug-likeness (QED) is 0.678. The first-order chi connectivity index (χ1) is 12.3. The van der Waals surface area contributed by atoms with Crippen LogP contribution in [0.25, 0.3) is 0 Å². The van der Waals surface area contributed by atoms with Crippen LogP contribution in [-0.2, 0) is 19.1 Å². The summed E-state index contributed by atoms with van der Waals surface area (Å²) in [5, 5.41) is 2.88. The minimum absolute atomic E-state index is 0.0865. The third kappa shape index (κ3) is 4.84. The van der Waals surface area contributed by atoms with Gasteiger partial charge in [0, 0.05) is 12.1 Å². The molecule has 0 saturated heterocycles. The van der Waals surface area contributed by atoms with Crippen LogP contribution in [0.5, 0.6) is 0 Å². The molecule has 3 N–H and O–H groups in total. The molecule has 0 saturated carbocycles. The maximum absolute atomic E-state index is 12.3. The van der Waals surface area contributed by atoms with Gasteiger partial charge in [-0.05, 0) is 29.0 Å². The SMILES string of the molecule is CC(C)c1cccc(C(C)C)c1NC(=O)COC(=O)C1=CCC(=O)NN1. The molecule has 1 heterocycles. The fourth-order valence-corrected chi connectivity index (χ4v) is 2.65. The Labute approximate surface area is 153 Å². The third-order valence-electron chi connectivity index (χ3n) is 4.02. The number of esters is 1. The van der Waals surface area contributed by atoms with Crippen LogP contribution >= 0.6 is 0 Å². The van der Waals surface area contributed by atoms with Gasteiger partial charge in [-0.15, -0.1) is 0 Å². The molecule has 1 aliphatic rings. The predicted molar refractivity (Wildman–Crippen MR) is 98.2 cm³/mol. The number of hydrogen-bond acceptors (Lipinski definition) is 5. The van der Waals surface area contributed by atoms with Crippen molar-refractivity contribution >= 4 is 23.5 Å². The molecule has 2 amide bonds. The Morgan fingerprint density at radius 3 is 2.23 bits per heavy atom. The Hall–Kier alpha value is -2.83. The summed E-state index contributed by atoms with van der Waals surface area (Å²) in [6, 6.07) is 5.95. The highest BCUT2D eigenvalue weighted by Crippen LogP contribution is 2.32. The molecule has 0 spiro atoms. The van der Waals surface area contributed by atoms with E-state index < -0.39 is 18.5 Å². The van der Waals surface area contributed by atoms with E-state index in [2.05, 4.69) is 43.9 Å². The van der Waals surface area contributed by atoms with Gasteiger partial charge < -0.3 is 10.1 Å². The number of carbonyl (C=O) groups is 3. The zero-order valence-corrected chi connectivity index (χ0v) is 15.5. The maximum atomic E-state index is 12.3. The number of carbonyl (C=O) groups excluding carboxylic acids is 3. The van der Waals surface area contributed by atoms with E-state index in [0.29, 0.717) is 0 Å². The van der Waals surface area contributed by atoms with Crippen molar-refractivity contribution < 1.29 is 19.1 Å². The smallest absolute Gasteiger partial charge is 0.356 e. The number of anilines is 1. The molecular weight excluding hydrogens is 334 g/mol. The Morgan fingerprint density at radius 2 is 1.73 bits per heavy atom. The molecule has 0 atom stereocenters. The van der Waals surface area contributed by atoms with Gasteiger partial charge in [0.2, 0.25) is 5.91 Å². The van der Waals surface area contributed by atoms with Crippen molar-refractivity contribution in [3.63, 3.8) is 0 Å². The van der Waals surface area contributed by atoms with Crippen LogP contribution in [0.4, 0.5) is 5.69 Å². The van der Waals surface area contributed by atoms with Crippen molar-refractivity contribution in [2.45, 2.75) is 46.0 Å². The van der Waals surface area contributed by atoms with Crippen LogP contribution in [-0.4, -0.2) is 24.4 Å². The predicted octanol–water partition coefficient (Wildman–Crippen LogP) is 2.32. The van der Waals surface area contributed by atoms with Gasteiger partial charge in [0.05, 0.1) is 0 Å². The summed E-state index contributed by atoms with van der Waals surface area (Å²) in [6.07, 6.45) is 1.51. The van der Waals surface area contributed by atoms with Crippen molar-refractivity contribution in [2.24, 2.45) is 0 Å². The standard InChI is InChI=1S/C19H25N3O4/c1-11(2)13-6-5-7-14(12(3)4)18(13)20-17(24)10-26-19(25)15-8-9-16(23)22-21-15/h5-8,11-12,21H,9-10H2,1-4H3,(H,20,24)(H,22,23). The van der Waals surface area contributed by atoms with E-state index >= 15 is 0 Å². The van der Waals surface area contributed by atoms with E-state index in [9.17, 15) is 14.4 Å². The average Bonchev–Trinajstić information content (AvgIpc) is 2.60. The molecule has 0 bridgehead atoms. The number of nitrogens with one attached hydrogen (secondary N) is 3. The molecule has 1 aromatic carbocycles. The van der Waals surface area contributed by atoms with Gasteiger partial charge in [0.15, 0.2) is 6.61 Å². The number of ether oxygens (including phenoxy) is 1. The highest BCUT2D eigenvalue weighted by atomic mass is 16.5. The molecule has 0 unspecified atom stereocenters. The molecule has 26 heavy (non-hydrogen) atoms. The summed E-state index contributed by atoms with van der Waals surface area (Å²) in [7, 11) is 0. The van der Waals surface area contributed by atoms with E-state index in [0.717, 1.165) is 16.8 Å². The average molecular weight is 359 g/mol. The lowest BCUT2D eigenvalue weighted by atomic mass is 9.92. The number of benzene rings is 1. The second-order valence-corrected chi connectivity index (χ2v) is 6.74. The number of amides is 2. The van der Waals surface area contributed by atoms with Gasteiger partial charge >= 0.3 is 5.97 Å². The van der Waals surface area contributed by atoms with Gasteiger partial charge in [0.1, 0.15) is 5.70 Å². The maximum Gasteiger partial charge on any atom is 0.356 e. The largest absolute Gasteiger partial charge is 0.451 e. The van der Waals surface area contributed by atoms with E-state index in [-0.39, 0.29) is 29.9 Å². The monoisotopic (exact) mass is 359 g/mol. The molecule has 140 valence electrons. The fourth-order valence-electron chi connectivity index (χ4n) is 2.65. The van der Waals surface area contributed by atoms with Crippen LogP contribution in [0, 0.1) is 0 Å². The second-order valence-electron chi connectivity index (χ2n) is 6.74. The van der Waals surface area contributed by atoms with Gasteiger partial charge in [0.25, 0.3) is 5.91 Å². The number of hydrogen-bond donors (Lipinski definition) is 3. The minimum Gasteiger partial charge on any atom is -0.451 e. The summed E-state index contributed by atoms with van der Waals surface area (Å²) >= 11 is 0. The van der Waals surface area contributed by atoms with E-state index in [1.54, 1.807) is 0 Å². The Balaban J connectivity index is 2.04. The van der Waals surface area contributed by atoms with Crippen LogP contribution in [0.3, 0.4) is 0 Å². The second kappa shape index (κ2) is 8.51. The molecule has 7 nitrogen and oxygen atoms in total. The first-order valence-electron chi connectivity index (χ1n) is 8.64. The first kappa shape index (κ1) is 19.5. The molecule has 0 fully saturated rings. The van der Waals surface area contributed by atoms with Crippen LogP contribution in [0.2, 0.25) is 0 Å². The lowest BCUT2D eigenvalue weighted by molar-refractivity contribution is -0.144. The van der Waals surface area contributed by atoms with Crippen LogP contribution < -0.4 is 16.2 Å². The lowest BCUT2D eigenvalue weighted by Crippen LogP contribution is -2.42. The summed E-state index contributed by atoms with van der Waals surface area (Å²) in [4.78, 5) is 35.3. The Kier molecular flexibility index (Phi) is 6.38. The van der Waals surface area contributed by atoms with Crippen molar-refractivity contribution in [3.05, 3.63) is 41.1 Å². The van der Waals surface area contributed by atoms with Gasteiger partial charge in [-0.3, -0.25) is 20.4 Å². The van der Waals surface area contributed by atoms with E-state index in [1.165, 1.54) is 6.08 Å². The van der Waals surface area contributed by atoms with Crippen molar-refractivity contribution in [1.82, 2.24) is 10.9 Å². The third-order valence-corrected chi connectivity index (χ3v) is 4.02. The first-order valence-corrected chi connectivity index (χ1v) is 8.64. The summed E-state index contributed by atoms with van der Waals surface area (Å²) in [6.45, 7) is 7.83. The van der Waals surface area contributed by atoms with Crippen molar-refractivity contribution in [1.29, 1.82) is 0 Å². The summed E-state index contributed by atoms with van der Waals surface area (Å²) in [5.41, 5.74) is 7.73. The topological polar surface area (TPSA) is 96.5 Å². The van der Waals surface area contributed by atoms with Crippen LogP contribution in [0.15, 0.2) is 30.0 Å². The van der Waals surface area contributed by atoms with E-state index in [4.69, 9.17) is 4.74 Å². The van der Waals surface area contributed by atoms with E-state index in [1.807, 2.05) is 18.2 Å². The minimum atomic E-state index is -0.693. The zero-order chi connectivity index (χ0) is 19.3. The zero-order valence-electron chi connectivity index (χ0n) is 15.5. The van der Waals surface area contributed by atoms with Gasteiger partial charge in [-0.2, -0.15) is 0 Å². The fraction of sp³-hybridized carbons (Fsp3) is 0.421. The molecule has 1 aliphatic heterocycles. The molecule has 0 radical (unpaired) electrons. The highest BCUT2D eigenvalue weighted by Gasteiger charge is 2.19. The molecular formula is C19H25N3O4. The van der Waals surface area contributed by atoms with Crippen molar-refractivity contribution in [3.8, 4) is 0 Å². The molecule has 0 aromatic heterocycles. The Bertz CT molecular complexity index is 712. The normalized spacial score (nSPS) is 13.8.